The largest absolute Gasteiger partial charge is 0.404 e. The van der Waals surface area contributed by atoms with Crippen LogP contribution in [0.25, 0.3) is 0 Å². The predicted molar refractivity (Wildman–Crippen MR) is 75.0 cm³/mol. The molecule has 2 heterocycles. The van der Waals surface area contributed by atoms with Gasteiger partial charge in [-0.1, -0.05) is 13.8 Å². The van der Waals surface area contributed by atoms with Crippen LogP contribution in [0.15, 0.2) is 23.1 Å². The highest BCUT2D eigenvalue weighted by Crippen LogP contribution is 2.23. The standard InChI is InChI=1S/C12H16BrN5O/c1-8(2)14-5-9-4-10(13)6-15-11(9)19-12-16-7-18(3)17-12/h4,6-8,14H,5H2,1-3H3. The monoisotopic (exact) mass is 325 g/mol. The number of aryl methyl sites for hydroxylation is 1. The number of aromatic nitrogens is 4. The van der Waals surface area contributed by atoms with E-state index < -0.39 is 0 Å². The van der Waals surface area contributed by atoms with Crippen LogP contribution in [-0.4, -0.2) is 25.8 Å². The molecule has 0 saturated heterocycles. The molecule has 0 amide bonds. The average molecular weight is 326 g/mol. The first-order chi connectivity index (χ1) is 9.04. The topological polar surface area (TPSA) is 64.9 Å². The van der Waals surface area contributed by atoms with Gasteiger partial charge in [0.15, 0.2) is 0 Å². The van der Waals surface area contributed by atoms with Gasteiger partial charge in [-0.05, 0) is 22.0 Å². The van der Waals surface area contributed by atoms with Crippen LogP contribution in [0.4, 0.5) is 0 Å². The molecule has 0 aromatic carbocycles. The zero-order chi connectivity index (χ0) is 13.8. The number of pyridine rings is 1. The Hall–Kier alpha value is -1.47. The van der Waals surface area contributed by atoms with Gasteiger partial charge in [-0.3, -0.25) is 4.68 Å². The number of nitrogens with zero attached hydrogens (tertiary/aromatic N) is 4. The Morgan fingerprint density at radius 1 is 1.42 bits per heavy atom. The van der Waals surface area contributed by atoms with Crippen molar-refractivity contribution < 1.29 is 4.74 Å². The summed E-state index contributed by atoms with van der Waals surface area (Å²) in [6.07, 6.45) is 3.28. The van der Waals surface area contributed by atoms with Gasteiger partial charge in [0, 0.05) is 35.9 Å². The van der Waals surface area contributed by atoms with Gasteiger partial charge >= 0.3 is 6.01 Å². The van der Waals surface area contributed by atoms with E-state index in [4.69, 9.17) is 4.74 Å². The summed E-state index contributed by atoms with van der Waals surface area (Å²) in [5.41, 5.74) is 0.954. The third-order valence-corrected chi connectivity index (χ3v) is 2.79. The van der Waals surface area contributed by atoms with E-state index in [1.54, 1.807) is 24.3 Å². The van der Waals surface area contributed by atoms with Crippen LogP contribution < -0.4 is 10.1 Å². The van der Waals surface area contributed by atoms with Gasteiger partial charge in [0.2, 0.25) is 5.88 Å². The number of rotatable bonds is 5. The van der Waals surface area contributed by atoms with E-state index in [0.717, 1.165) is 10.0 Å². The van der Waals surface area contributed by atoms with Crippen molar-refractivity contribution in [2.75, 3.05) is 0 Å². The van der Waals surface area contributed by atoms with Gasteiger partial charge in [0.25, 0.3) is 0 Å². The van der Waals surface area contributed by atoms with Crippen LogP contribution in [0.5, 0.6) is 11.9 Å². The molecule has 0 atom stereocenters. The first-order valence-corrected chi connectivity index (χ1v) is 6.75. The molecule has 6 nitrogen and oxygen atoms in total. The van der Waals surface area contributed by atoms with Crippen LogP contribution in [0.1, 0.15) is 19.4 Å². The minimum atomic E-state index is 0.295. The molecule has 2 rings (SSSR count). The first kappa shape index (κ1) is 14.0. The van der Waals surface area contributed by atoms with Gasteiger partial charge in [-0.2, -0.15) is 4.98 Å². The number of halogens is 1. The van der Waals surface area contributed by atoms with E-state index in [9.17, 15) is 0 Å². The Morgan fingerprint density at radius 3 is 2.84 bits per heavy atom. The summed E-state index contributed by atoms with van der Waals surface area (Å²) < 4.78 is 8.10. The van der Waals surface area contributed by atoms with Gasteiger partial charge < -0.3 is 10.1 Å². The normalized spacial score (nSPS) is 11.0. The molecule has 2 aromatic rings. The second kappa shape index (κ2) is 6.12. The van der Waals surface area contributed by atoms with Crippen molar-refractivity contribution in [1.82, 2.24) is 25.1 Å². The Morgan fingerprint density at radius 2 is 2.21 bits per heavy atom. The van der Waals surface area contributed by atoms with Crippen molar-refractivity contribution in [2.45, 2.75) is 26.4 Å². The van der Waals surface area contributed by atoms with Crippen molar-refractivity contribution in [3.63, 3.8) is 0 Å². The molecular weight excluding hydrogens is 310 g/mol. The minimum Gasteiger partial charge on any atom is -0.404 e. The fourth-order valence-electron chi connectivity index (χ4n) is 1.45. The lowest BCUT2D eigenvalue weighted by Crippen LogP contribution is -2.22. The maximum absolute atomic E-state index is 5.60. The first-order valence-electron chi connectivity index (χ1n) is 5.96. The third-order valence-electron chi connectivity index (χ3n) is 2.36. The van der Waals surface area contributed by atoms with E-state index in [-0.39, 0.29) is 0 Å². The Bertz CT molecular complexity index is 555. The molecule has 0 fully saturated rings. The summed E-state index contributed by atoms with van der Waals surface area (Å²) in [6, 6.07) is 2.66. The average Bonchev–Trinajstić information content (AvgIpc) is 2.75. The van der Waals surface area contributed by atoms with Crippen molar-refractivity contribution in [3.05, 3.63) is 28.6 Å². The third kappa shape index (κ3) is 4.00. The number of hydrogen-bond donors (Lipinski definition) is 1. The lowest BCUT2D eigenvalue weighted by Gasteiger charge is -2.11. The Labute approximate surface area is 120 Å². The van der Waals surface area contributed by atoms with Crippen LogP contribution in [0.3, 0.4) is 0 Å². The zero-order valence-electron chi connectivity index (χ0n) is 11.1. The maximum atomic E-state index is 5.60. The van der Waals surface area contributed by atoms with Crippen molar-refractivity contribution in [3.8, 4) is 11.9 Å². The molecule has 0 aliphatic carbocycles. The molecule has 0 aliphatic rings. The van der Waals surface area contributed by atoms with E-state index in [1.165, 1.54) is 0 Å². The fourth-order valence-corrected chi connectivity index (χ4v) is 1.83. The molecule has 7 heteroatoms. The molecule has 19 heavy (non-hydrogen) atoms. The molecule has 0 radical (unpaired) electrons. The molecule has 102 valence electrons. The van der Waals surface area contributed by atoms with Crippen LogP contribution in [-0.2, 0) is 13.6 Å². The molecule has 0 unspecified atom stereocenters. The van der Waals surface area contributed by atoms with E-state index in [0.29, 0.717) is 24.5 Å². The molecule has 2 aromatic heterocycles. The van der Waals surface area contributed by atoms with Crippen molar-refractivity contribution in [1.29, 1.82) is 0 Å². The lowest BCUT2D eigenvalue weighted by molar-refractivity contribution is 0.413. The second-order valence-electron chi connectivity index (χ2n) is 4.46. The smallest absolute Gasteiger partial charge is 0.342 e. The van der Waals surface area contributed by atoms with Crippen molar-refractivity contribution >= 4 is 15.9 Å². The summed E-state index contributed by atoms with van der Waals surface area (Å²) in [7, 11) is 1.79. The highest BCUT2D eigenvalue weighted by molar-refractivity contribution is 9.10. The zero-order valence-corrected chi connectivity index (χ0v) is 12.7. The fraction of sp³-hybridized carbons (Fsp3) is 0.417. The van der Waals surface area contributed by atoms with Crippen LogP contribution in [0, 0.1) is 0 Å². The molecule has 0 bridgehead atoms. The maximum Gasteiger partial charge on any atom is 0.342 e. The quantitative estimate of drug-likeness (QED) is 0.913. The molecule has 0 saturated carbocycles. The Balaban J connectivity index is 2.18. The summed E-state index contributed by atoms with van der Waals surface area (Å²) in [6.45, 7) is 4.85. The van der Waals surface area contributed by atoms with Crippen LogP contribution in [0.2, 0.25) is 0 Å². The molecule has 1 N–H and O–H groups in total. The van der Waals surface area contributed by atoms with E-state index in [1.807, 2.05) is 6.07 Å². The number of hydrogen-bond acceptors (Lipinski definition) is 5. The predicted octanol–water partition coefficient (Wildman–Crippen LogP) is 2.26. The summed E-state index contributed by atoms with van der Waals surface area (Å²) >= 11 is 3.41. The van der Waals surface area contributed by atoms with Gasteiger partial charge in [0.05, 0.1) is 0 Å². The Kier molecular flexibility index (Phi) is 4.49. The lowest BCUT2D eigenvalue weighted by atomic mass is 10.2. The highest BCUT2D eigenvalue weighted by Gasteiger charge is 2.10. The highest BCUT2D eigenvalue weighted by atomic mass is 79.9. The summed E-state index contributed by atoms with van der Waals surface area (Å²) in [4.78, 5) is 8.29. The van der Waals surface area contributed by atoms with E-state index in [2.05, 4.69) is 50.2 Å². The minimum absolute atomic E-state index is 0.295. The molecule has 0 spiro atoms. The van der Waals surface area contributed by atoms with E-state index >= 15 is 0 Å². The summed E-state index contributed by atoms with van der Waals surface area (Å²) in [5, 5.41) is 7.41. The molecule has 0 aliphatic heterocycles. The number of nitrogens with one attached hydrogen (secondary N) is 1. The molecular formula is C12H16BrN5O. The van der Waals surface area contributed by atoms with Gasteiger partial charge in [-0.25, -0.2) is 4.98 Å². The SMILES string of the molecule is CC(C)NCc1cc(Br)cnc1Oc1ncn(C)n1. The number of ether oxygens (including phenoxy) is 1. The summed E-state index contributed by atoms with van der Waals surface area (Å²) in [5.74, 6) is 0.516. The van der Waals surface area contributed by atoms with Crippen LogP contribution >= 0.6 is 15.9 Å². The van der Waals surface area contributed by atoms with Gasteiger partial charge in [0.1, 0.15) is 6.33 Å². The van der Waals surface area contributed by atoms with Crippen molar-refractivity contribution in [2.24, 2.45) is 7.05 Å². The second-order valence-corrected chi connectivity index (χ2v) is 5.37. The van der Waals surface area contributed by atoms with Gasteiger partial charge in [-0.15, -0.1) is 5.10 Å².